The largest absolute Gasteiger partial charge is 0.497 e. The molecule has 2 fully saturated rings. The zero-order valence-corrected chi connectivity index (χ0v) is 15.8. The SMILES string of the molecule is COc1ccc2[nH]cc(CC3CCCN3CC3CCS(=O)CC3)c2c1. The smallest absolute Gasteiger partial charge is 0.119 e. The second-order valence-electron chi connectivity index (χ2n) is 7.51. The summed E-state index contributed by atoms with van der Waals surface area (Å²) in [6.07, 6.45) is 8.14. The number of aromatic amines is 1. The molecule has 1 atom stereocenters. The van der Waals surface area contributed by atoms with Crippen LogP contribution in [0.15, 0.2) is 24.4 Å². The summed E-state index contributed by atoms with van der Waals surface area (Å²) in [5.74, 6) is 3.48. The third-order valence-corrected chi connectivity index (χ3v) is 7.31. The molecule has 0 spiro atoms. The molecule has 1 aromatic carbocycles. The van der Waals surface area contributed by atoms with Crippen molar-refractivity contribution in [2.24, 2.45) is 5.92 Å². The van der Waals surface area contributed by atoms with Crippen LogP contribution in [0.4, 0.5) is 0 Å². The molecule has 0 bridgehead atoms. The zero-order valence-electron chi connectivity index (χ0n) is 15.0. The average molecular weight is 361 g/mol. The number of nitrogens with one attached hydrogen (secondary N) is 1. The van der Waals surface area contributed by atoms with Gasteiger partial charge in [0, 0.05) is 52.0 Å². The Morgan fingerprint density at radius 2 is 2.12 bits per heavy atom. The summed E-state index contributed by atoms with van der Waals surface area (Å²) in [5.41, 5.74) is 2.59. The normalized spacial score (nSPS) is 27.8. The van der Waals surface area contributed by atoms with Crippen molar-refractivity contribution < 1.29 is 8.95 Å². The van der Waals surface area contributed by atoms with Gasteiger partial charge in [-0.05, 0) is 68.3 Å². The van der Waals surface area contributed by atoms with Gasteiger partial charge in [0.25, 0.3) is 0 Å². The van der Waals surface area contributed by atoms with E-state index in [4.69, 9.17) is 4.74 Å². The molecule has 2 saturated heterocycles. The van der Waals surface area contributed by atoms with Gasteiger partial charge in [-0.15, -0.1) is 0 Å². The van der Waals surface area contributed by atoms with Gasteiger partial charge in [0.1, 0.15) is 5.75 Å². The summed E-state index contributed by atoms with van der Waals surface area (Å²) >= 11 is 0. The number of benzene rings is 1. The van der Waals surface area contributed by atoms with Gasteiger partial charge in [-0.1, -0.05) is 0 Å². The van der Waals surface area contributed by atoms with Crippen molar-refractivity contribution in [1.29, 1.82) is 0 Å². The highest BCUT2D eigenvalue weighted by Crippen LogP contribution is 2.29. The van der Waals surface area contributed by atoms with E-state index in [0.29, 0.717) is 6.04 Å². The maximum atomic E-state index is 11.6. The van der Waals surface area contributed by atoms with Crippen LogP contribution in [0.5, 0.6) is 5.75 Å². The maximum Gasteiger partial charge on any atom is 0.119 e. The van der Waals surface area contributed by atoms with Crippen molar-refractivity contribution in [2.45, 2.75) is 38.1 Å². The van der Waals surface area contributed by atoms with Gasteiger partial charge in [0.15, 0.2) is 0 Å². The van der Waals surface area contributed by atoms with E-state index >= 15 is 0 Å². The van der Waals surface area contributed by atoms with Crippen LogP contribution in [0.25, 0.3) is 10.9 Å². The van der Waals surface area contributed by atoms with Crippen LogP contribution in [-0.4, -0.2) is 51.8 Å². The molecule has 0 aliphatic carbocycles. The van der Waals surface area contributed by atoms with E-state index < -0.39 is 10.8 Å². The Hall–Kier alpha value is -1.33. The van der Waals surface area contributed by atoms with E-state index in [9.17, 15) is 4.21 Å². The summed E-state index contributed by atoms with van der Waals surface area (Å²) in [4.78, 5) is 6.10. The number of methoxy groups -OCH3 is 1. The number of H-pyrrole nitrogens is 1. The third-order valence-electron chi connectivity index (χ3n) is 5.93. The highest BCUT2D eigenvalue weighted by molar-refractivity contribution is 7.85. The fourth-order valence-corrected chi connectivity index (χ4v) is 5.83. The van der Waals surface area contributed by atoms with Crippen molar-refractivity contribution in [2.75, 3.05) is 31.7 Å². The minimum Gasteiger partial charge on any atom is -0.497 e. The molecule has 4 rings (SSSR count). The lowest BCUT2D eigenvalue weighted by atomic mass is 9.99. The summed E-state index contributed by atoms with van der Waals surface area (Å²) in [5, 5.41) is 1.29. The Morgan fingerprint density at radius 3 is 2.92 bits per heavy atom. The number of likely N-dealkylation sites (tertiary alicyclic amines) is 1. The Labute approximate surface area is 152 Å². The predicted molar refractivity (Wildman–Crippen MR) is 104 cm³/mol. The van der Waals surface area contributed by atoms with Gasteiger partial charge in [0.05, 0.1) is 7.11 Å². The first-order chi connectivity index (χ1) is 12.2. The molecule has 2 aliphatic rings. The number of rotatable bonds is 5. The molecule has 0 saturated carbocycles. The van der Waals surface area contributed by atoms with Crippen molar-refractivity contribution in [3.8, 4) is 5.75 Å². The highest BCUT2D eigenvalue weighted by atomic mass is 32.2. The van der Waals surface area contributed by atoms with Gasteiger partial charge in [0.2, 0.25) is 0 Å². The first-order valence-electron chi connectivity index (χ1n) is 9.46. The topological polar surface area (TPSA) is 45.3 Å². The maximum absolute atomic E-state index is 11.6. The summed E-state index contributed by atoms with van der Waals surface area (Å²) in [6, 6.07) is 6.90. The predicted octanol–water partition coefficient (Wildman–Crippen LogP) is 3.34. The number of ether oxygens (including phenoxy) is 1. The van der Waals surface area contributed by atoms with Crippen molar-refractivity contribution >= 4 is 21.7 Å². The monoisotopic (exact) mass is 360 g/mol. The third kappa shape index (κ3) is 3.77. The second-order valence-corrected chi connectivity index (χ2v) is 9.21. The van der Waals surface area contributed by atoms with E-state index in [2.05, 4.69) is 28.2 Å². The lowest BCUT2D eigenvalue weighted by molar-refractivity contribution is 0.206. The Kier molecular flexibility index (Phi) is 5.13. The highest BCUT2D eigenvalue weighted by Gasteiger charge is 2.29. The van der Waals surface area contributed by atoms with E-state index in [1.165, 1.54) is 42.4 Å². The Morgan fingerprint density at radius 1 is 1.28 bits per heavy atom. The molecule has 4 nitrogen and oxygen atoms in total. The van der Waals surface area contributed by atoms with Crippen molar-refractivity contribution in [3.05, 3.63) is 30.0 Å². The molecular formula is C20H28N2O2S. The van der Waals surface area contributed by atoms with E-state index in [-0.39, 0.29) is 0 Å². The molecule has 2 aliphatic heterocycles. The Bertz CT molecular complexity index is 747. The number of aromatic nitrogens is 1. The standard InChI is InChI=1S/C20H28N2O2S/c1-24-18-4-5-20-19(12-18)16(13-21-20)11-17-3-2-8-22(17)14-15-6-9-25(23)10-7-15/h4-5,12-13,15,17,21H,2-3,6-11,14H2,1H3. The van der Waals surface area contributed by atoms with Crippen LogP contribution in [0, 0.1) is 5.92 Å². The van der Waals surface area contributed by atoms with Crippen LogP contribution in [-0.2, 0) is 17.2 Å². The fourth-order valence-electron chi connectivity index (χ4n) is 4.43. The summed E-state index contributed by atoms with van der Waals surface area (Å²) in [6.45, 7) is 2.41. The molecular weight excluding hydrogens is 332 g/mol. The average Bonchev–Trinajstić information content (AvgIpc) is 3.24. The number of hydrogen-bond donors (Lipinski definition) is 1. The second kappa shape index (κ2) is 7.50. The quantitative estimate of drug-likeness (QED) is 0.889. The molecule has 1 aromatic heterocycles. The molecule has 2 aromatic rings. The van der Waals surface area contributed by atoms with Crippen LogP contribution >= 0.6 is 0 Å². The summed E-state index contributed by atoms with van der Waals surface area (Å²) < 4.78 is 17.0. The van der Waals surface area contributed by atoms with Gasteiger partial charge in [-0.25, -0.2) is 0 Å². The van der Waals surface area contributed by atoms with E-state index in [1.54, 1.807) is 7.11 Å². The van der Waals surface area contributed by atoms with Crippen LogP contribution in [0.1, 0.15) is 31.2 Å². The number of hydrogen-bond acceptors (Lipinski definition) is 3. The van der Waals surface area contributed by atoms with Gasteiger partial charge in [-0.2, -0.15) is 0 Å². The lowest BCUT2D eigenvalue weighted by Gasteiger charge is -2.30. The number of nitrogens with zero attached hydrogens (tertiary/aromatic N) is 1. The summed E-state index contributed by atoms with van der Waals surface area (Å²) in [7, 11) is 1.17. The fraction of sp³-hybridized carbons (Fsp3) is 0.600. The minimum atomic E-state index is -0.552. The van der Waals surface area contributed by atoms with Crippen LogP contribution in [0.3, 0.4) is 0 Å². The van der Waals surface area contributed by atoms with Gasteiger partial charge >= 0.3 is 0 Å². The van der Waals surface area contributed by atoms with Crippen molar-refractivity contribution in [3.63, 3.8) is 0 Å². The van der Waals surface area contributed by atoms with Gasteiger partial charge < -0.3 is 9.72 Å². The molecule has 5 heteroatoms. The van der Waals surface area contributed by atoms with Crippen LogP contribution < -0.4 is 4.74 Å². The van der Waals surface area contributed by atoms with Gasteiger partial charge in [-0.3, -0.25) is 9.11 Å². The first kappa shape index (κ1) is 17.1. The molecule has 3 heterocycles. The minimum absolute atomic E-state index is 0.552. The van der Waals surface area contributed by atoms with E-state index in [0.717, 1.165) is 42.4 Å². The van der Waals surface area contributed by atoms with Crippen LogP contribution in [0.2, 0.25) is 0 Å². The molecule has 0 radical (unpaired) electrons. The molecule has 1 N–H and O–H groups in total. The van der Waals surface area contributed by atoms with E-state index in [1.807, 2.05) is 6.07 Å². The van der Waals surface area contributed by atoms with Crippen molar-refractivity contribution in [1.82, 2.24) is 9.88 Å². The Balaban J connectivity index is 1.45. The molecule has 136 valence electrons. The lowest BCUT2D eigenvalue weighted by Crippen LogP contribution is -2.37. The molecule has 1 unspecified atom stereocenters. The molecule has 25 heavy (non-hydrogen) atoms. The first-order valence-corrected chi connectivity index (χ1v) is 10.9. The molecule has 0 amide bonds. The zero-order chi connectivity index (χ0) is 17.2. The number of fused-ring (bicyclic) bond motifs is 1.